The van der Waals surface area contributed by atoms with Gasteiger partial charge in [0.05, 0.1) is 11.4 Å². The van der Waals surface area contributed by atoms with Gasteiger partial charge in [-0.05, 0) is 32.0 Å². The van der Waals surface area contributed by atoms with E-state index in [1.165, 1.54) is 0 Å². The van der Waals surface area contributed by atoms with Gasteiger partial charge in [-0.1, -0.05) is 0 Å². The van der Waals surface area contributed by atoms with Crippen molar-refractivity contribution in [2.75, 3.05) is 12.4 Å². The minimum Gasteiger partial charge on any atom is -0.388 e. The Labute approximate surface area is 128 Å². The second-order valence-corrected chi connectivity index (χ2v) is 4.47. The van der Waals surface area contributed by atoms with Crippen LogP contribution in [0, 0.1) is 0 Å². The highest BCUT2D eigenvalue weighted by molar-refractivity contribution is 6.05. The molecule has 9 N–H and O–H groups in total. The lowest BCUT2D eigenvalue weighted by Gasteiger charge is -2.08. The van der Waals surface area contributed by atoms with Crippen molar-refractivity contribution in [1.82, 2.24) is 0 Å². The summed E-state index contributed by atoms with van der Waals surface area (Å²) in [6, 6.07) is 5.72. The van der Waals surface area contributed by atoms with Crippen LogP contribution in [0.2, 0.25) is 0 Å². The summed E-state index contributed by atoms with van der Waals surface area (Å²) < 4.78 is 0. The highest BCUT2D eigenvalue weighted by Gasteiger charge is 2.06. The molecule has 0 spiro atoms. The molecule has 9 nitrogen and oxygen atoms in total. The van der Waals surface area contributed by atoms with Gasteiger partial charge < -0.3 is 28.3 Å². The van der Waals surface area contributed by atoms with Crippen molar-refractivity contribution >= 4 is 29.0 Å². The van der Waals surface area contributed by atoms with Crippen molar-refractivity contribution in [3.8, 4) is 0 Å². The highest BCUT2D eigenvalue weighted by atomic mass is 15.3. The number of hydrogen-bond donors (Lipinski definition) is 5. The molecule has 0 heterocycles. The quantitative estimate of drug-likeness (QED) is 0.286. The Hall–Kier alpha value is -3.10. The van der Waals surface area contributed by atoms with Gasteiger partial charge in [-0.25, -0.2) is 0 Å². The molecule has 0 aliphatic heterocycles. The van der Waals surface area contributed by atoms with Gasteiger partial charge in [-0.2, -0.15) is 10.2 Å². The summed E-state index contributed by atoms with van der Waals surface area (Å²) in [7, 11) is 1.81. The van der Waals surface area contributed by atoms with E-state index in [1.807, 2.05) is 25.2 Å². The van der Waals surface area contributed by atoms with E-state index in [4.69, 9.17) is 22.9 Å². The van der Waals surface area contributed by atoms with Gasteiger partial charge in [0, 0.05) is 23.9 Å². The van der Waals surface area contributed by atoms with Gasteiger partial charge in [0.15, 0.2) is 0 Å². The van der Waals surface area contributed by atoms with Gasteiger partial charge in [0.2, 0.25) is 11.9 Å². The number of rotatable bonds is 5. The van der Waals surface area contributed by atoms with E-state index < -0.39 is 0 Å². The van der Waals surface area contributed by atoms with Crippen LogP contribution in [0.25, 0.3) is 0 Å². The minimum absolute atomic E-state index is 0.102. The molecule has 1 aromatic rings. The number of guanidine groups is 2. The molecular weight excluding hydrogens is 282 g/mol. The number of nitrogens with one attached hydrogen (secondary N) is 1. The van der Waals surface area contributed by atoms with Crippen molar-refractivity contribution in [3.63, 3.8) is 0 Å². The summed E-state index contributed by atoms with van der Waals surface area (Å²) in [5.41, 5.74) is 25.0. The maximum atomic E-state index is 5.27. The standard InChI is InChI=1S/C13H21N9/c1-7(19-21-12(14)15)9-4-10(6-11(5-9)18-3)8(2)20-22-13(16)17/h4-6,18H,1-3H3,(H4,14,15,21)(H4,16,17,22)/b19-7-,20-8+. The Morgan fingerprint density at radius 1 is 0.773 bits per heavy atom. The molecule has 0 radical (unpaired) electrons. The largest absolute Gasteiger partial charge is 0.388 e. The van der Waals surface area contributed by atoms with E-state index in [0.29, 0.717) is 11.4 Å². The van der Waals surface area contributed by atoms with E-state index >= 15 is 0 Å². The minimum atomic E-state index is -0.102. The summed E-state index contributed by atoms with van der Waals surface area (Å²) in [4.78, 5) is 0. The van der Waals surface area contributed by atoms with Crippen LogP contribution < -0.4 is 28.3 Å². The van der Waals surface area contributed by atoms with Crippen molar-refractivity contribution in [1.29, 1.82) is 0 Å². The Kier molecular flexibility index (Phi) is 5.87. The smallest absolute Gasteiger partial charge is 0.211 e. The first-order chi connectivity index (χ1) is 10.3. The van der Waals surface area contributed by atoms with E-state index in [1.54, 1.807) is 13.8 Å². The molecule has 118 valence electrons. The predicted octanol–water partition coefficient (Wildman–Crippen LogP) is -0.277. The molecule has 0 aliphatic rings. The van der Waals surface area contributed by atoms with E-state index in [-0.39, 0.29) is 11.9 Å². The van der Waals surface area contributed by atoms with E-state index in [9.17, 15) is 0 Å². The van der Waals surface area contributed by atoms with E-state index in [0.717, 1.165) is 16.8 Å². The van der Waals surface area contributed by atoms with Crippen molar-refractivity contribution < 1.29 is 0 Å². The molecule has 0 amide bonds. The lowest BCUT2D eigenvalue weighted by Crippen LogP contribution is -2.22. The van der Waals surface area contributed by atoms with Gasteiger partial charge >= 0.3 is 0 Å². The van der Waals surface area contributed by atoms with Crippen LogP contribution in [0.15, 0.2) is 38.6 Å². The summed E-state index contributed by atoms with van der Waals surface area (Å²) >= 11 is 0. The first kappa shape index (κ1) is 17.0. The predicted molar refractivity (Wildman–Crippen MR) is 92.0 cm³/mol. The fourth-order valence-corrected chi connectivity index (χ4v) is 1.57. The van der Waals surface area contributed by atoms with Gasteiger partial charge in [-0.3, -0.25) is 0 Å². The second kappa shape index (κ2) is 7.62. The highest BCUT2D eigenvalue weighted by Crippen LogP contribution is 2.17. The van der Waals surface area contributed by atoms with Crippen LogP contribution in [0.3, 0.4) is 0 Å². The Morgan fingerprint density at radius 3 is 1.50 bits per heavy atom. The van der Waals surface area contributed by atoms with Gasteiger partial charge in [0.25, 0.3) is 0 Å². The number of nitrogens with two attached hydrogens (primary N) is 4. The fraction of sp³-hybridized carbons (Fsp3) is 0.231. The van der Waals surface area contributed by atoms with Gasteiger partial charge in [0.1, 0.15) is 0 Å². The molecule has 22 heavy (non-hydrogen) atoms. The lowest BCUT2D eigenvalue weighted by molar-refractivity contribution is 1.19. The fourth-order valence-electron chi connectivity index (χ4n) is 1.57. The molecule has 1 aromatic carbocycles. The molecule has 9 heteroatoms. The third-order valence-corrected chi connectivity index (χ3v) is 2.69. The molecule has 0 aromatic heterocycles. The Balaban J connectivity index is 3.30. The second-order valence-electron chi connectivity index (χ2n) is 4.47. The van der Waals surface area contributed by atoms with Crippen molar-refractivity contribution in [3.05, 3.63) is 29.3 Å². The van der Waals surface area contributed by atoms with Crippen LogP contribution in [0.5, 0.6) is 0 Å². The maximum Gasteiger partial charge on any atom is 0.211 e. The molecule has 1 rings (SSSR count). The average Bonchev–Trinajstić information content (AvgIpc) is 2.49. The number of anilines is 1. The monoisotopic (exact) mass is 303 g/mol. The van der Waals surface area contributed by atoms with Crippen molar-refractivity contribution in [2.45, 2.75) is 13.8 Å². The number of hydrogen-bond acceptors (Lipinski definition) is 5. The Morgan fingerprint density at radius 2 is 1.18 bits per heavy atom. The molecular formula is C13H21N9. The third kappa shape index (κ3) is 5.12. The van der Waals surface area contributed by atoms with E-state index in [2.05, 4.69) is 25.7 Å². The van der Waals surface area contributed by atoms with Crippen LogP contribution in [0.4, 0.5) is 5.69 Å². The summed E-state index contributed by atoms with van der Waals surface area (Å²) in [5.74, 6) is -0.204. The van der Waals surface area contributed by atoms with Crippen LogP contribution in [0.1, 0.15) is 25.0 Å². The summed E-state index contributed by atoms with van der Waals surface area (Å²) in [6.07, 6.45) is 0. The van der Waals surface area contributed by atoms with Crippen LogP contribution >= 0.6 is 0 Å². The molecule has 0 fully saturated rings. The van der Waals surface area contributed by atoms with Gasteiger partial charge in [-0.15, -0.1) is 10.2 Å². The zero-order valence-corrected chi connectivity index (χ0v) is 12.8. The Bertz CT molecular complexity index is 595. The summed E-state index contributed by atoms with van der Waals surface area (Å²) in [5, 5.41) is 18.3. The SMILES string of the molecule is CNc1cc(/C(C)=N\N=C(N)N)cc(/C(C)=N/N=C(N)N)c1. The zero-order chi connectivity index (χ0) is 16.7. The average molecular weight is 303 g/mol. The van der Waals surface area contributed by atoms with Crippen molar-refractivity contribution in [2.24, 2.45) is 43.3 Å². The van der Waals surface area contributed by atoms with Crippen LogP contribution in [-0.2, 0) is 0 Å². The summed E-state index contributed by atoms with van der Waals surface area (Å²) in [6.45, 7) is 3.60. The number of benzene rings is 1. The zero-order valence-electron chi connectivity index (χ0n) is 12.8. The lowest BCUT2D eigenvalue weighted by atomic mass is 10.0. The first-order valence-corrected chi connectivity index (χ1v) is 6.43. The molecule has 0 atom stereocenters. The molecule has 0 saturated heterocycles. The van der Waals surface area contributed by atoms with Crippen LogP contribution in [-0.4, -0.2) is 30.4 Å². The number of nitrogens with zero attached hydrogens (tertiary/aromatic N) is 4. The molecule has 0 aliphatic carbocycles. The maximum absolute atomic E-state index is 5.27. The topological polar surface area (TPSA) is 166 Å². The molecule has 0 bridgehead atoms. The normalized spacial score (nSPS) is 11.8. The first-order valence-electron chi connectivity index (χ1n) is 6.43. The molecule has 0 saturated carbocycles. The molecule has 0 unspecified atom stereocenters. The third-order valence-electron chi connectivity index (χ3n) is 2.69.